The van der Waals surface area contributed by atoms with E-state index < -0.39 is 35.8 Å². The first-order chi connectivity index (χ1) is 10.0. The van der Waals surface area contributed by atoms with Crippen molar-refractivity contribution in [1.29, 1.82) is 0 Å². The molecule has 0 spiro atoms. The summed E-state index contributed by atoms with van der Waals surface area (Å²) in [5, 5.41) is 0. The Labute approximate surface area is 123 Å². The minimum absolute atomic E-state index is 0.140. The highest BCUT2D eigenvalue weighted by Crippen LogP contribution is 2.28. The van der Waals surface area contributed by atoms with Gasteiger partial charge in [0, 0.05) is 6.92 Å². The van der Waals surface area contributed by atoms with Crippen molar-refractivity contribution in [2.75, 3.05) is 19.8 Å². The molecule has 0 aromatic rings. The van der Waals surface area contributed by atoms with Crippen molar-refractivity contribution in [1.82, 2.24) is 0 Å². The van der Waals surface area contributed by atoms with Gasteiger partial charge in [-0.3, -0.25) is 14.4 Å². The van der Waals surface area contributed by atoms with E-state index in [2.05, 4.69) is 0 Å². The summed E-state index contributed by atoms with van der Waals surface area (Å²) in [5.74, 6) is -3.35. The predicted octanol–water partition coefficient (Wildman–Crippen LogP) is 0.821. The van der Waals surface area contributed by atoms with E-state index in [1.165, 1.54) is 19.3 Å². The Balaban J connectivity index is 2.91. The molecule has 0 aliphatic carbocycles. The molecule has 0 N–H and O–H groups in total. The molecule has 0 unspecified atom stereocenters. The number of carbonyl (C=O) groups excluding carboxylic acids is 3. The summed E-state index contributed by atoms with van der Waals surface area (Å²) < 4.78 is 20.1. The van der Waals surface area contributed by atoms with Gasteiger partial charge in [-0.25, -0.2) is 0 Å². The molecule has 0 radical (unpaired) electrons. The molecule has 0 saturated carbocycles. The topological polar surface area (TPSA) is 88.1 Å². The first kappa shape index (κ1) is 17.0. The van der Waals surface area contributed by atoms with E-state index in [1.54, 1.807) is 13.8 Å². The lowest BCUT2D eigenvalue weighted by molar-refractivity contribution is -0.168. The number of carbonyl (C=O) groups is 3. The van der Waals surface area contributed by atoms with Gasteiger partial charge in [0.2, 0.25) is 0 Å². The lowest BCUT2D eigenvalue weighted by atomic mass is 9.86. The zero-order chi connectivity index (χ0) is 15.8. The van der Waals surface area contributed by atoms with Crippen molar-refractivity contribution in [3.8, 4) is 0 Å². The van der Waals surface area contributed by atoms with E-state index in [4.69, 9.17) is 18.9 Å². The van der Waals surface area contributed by atoms with Gasteiger partial charge < -0.3 is 18.9 Å². The Kier molecular flexibility index (Phi) is 6.71. The molecule has 0 aromatic carbocycles. The molecule has 118 valence electrons. The highest BCUT2D eigenvalue weighted by Gasteiger charge is 2.43. The number of hydrogen-bond donors (Lipinski definition) is 0. The molecule has 3 atom stereocenters. The molecular weight excluding hydrogens is 280 g/mol. The van der Waals surface area contributed by atoms with Gasteiger partial charge in [-0.15, -0.1) is 0 Å². The van der Waals surface area contributed by atoms with Crippen LogP contribution in [-0.2, 0) is 33.3 Å². The predicted molar refractivity (Wildman–Crippen MR) is 70.9 cm³/mol. The Morgan fingerprint density at radius 3 is 2.24 bits per heavy atom. The van der Waals surface area contributed by atoms with E-state index in [-0.39, 0.29) is 19.8 Å². The Morgan fingerprint density at radius 2 is 1.67 bits per heavy atom. The third-order valence-corrected chi connectivity index (χ3v) is 2.90. The second-order valence-corrected chi connectivity index (χ2v) is 4.36. The van der Waals surface area contributed by atoms with Crippen molar-refractivity contribution in [2.24, 2.45) is 11.8 Å². The second kappa shape index (κ2) is 8.28. The van der Waals surface area contributed by atoms with Crippen LogP contribution in [0.3, 0.4) is 0 Å². The van der Waals surface area contributed by atoms with Crippen molar-refractivity contribution < 1.29 is 33.3 Å². The molecule has 7 heteroatoms. The molecule has 0 aromatic heterocycles. The maximum atomic E-state index is 12.1. The van der Waals surface area contributed by atoms with Crippen molar-refractivity contribution >= 4 is 17.9 Å². The monoisotopic (exact) mass is 300 g/mol. The SMILES string of the molecule is CCOC(=O)[C@@H]1[C@H](COC(C)=O)OC=C[C@H]1C(=O)OCC. The average Bonchev–Trinajstić information content (AvgIpc) is 2.45. The minimum Gasteiger partial charge on any atom is -0.494 e. The van der Waals surface area contributed by atoms with E-state index in [0.29, 0.717) is 0 Å². The average molecular weight is 300 g/mol. The third-order valence-electron chi connectivity index (χ3n) is 2.90. The highest BCUT2D eigenvalue weighted by atomic mass is 16.6. The molecule has 7 nitrogen and oxygen atoms in total. The lowest BCUT2D eigenvalue weighted by Crippen LogP contribution is -2.44. The molecule has 21 heavy (non-hydrogen) atoms. The van der Waals surface area contributed by atoms with Gasteiger partial charge in [-0.05, 0) is 19.9 Å². The first-order valence-corrected chi connectivity index (χ1v) is 6.80. The van der Waals surface area contributed by atoms with Crippen molar-refractivity contribution in [2.45, 2.75) is 26.9 Å². The maximum Gasteiger partial charge on any atom is 0.314 e. The van der Waals surface area contributed by atoms with Crippen molar-refractivity contribution in [3.05, 3.63) is 12.3 Å². The van der Waals surface area contributed by atoms with E-state index in [1.807, 2.05) is 0 Å². The molecule has 0 bridgehead atoms. The van der Waals surface area contributed by atoms with E-state index in [0.717, 1.165) is 0 Å². The lowest BCUT2D eigenvalue weighted by Gasteiger charge is -2.31. The zero-order valence-electron chi connectivity index (χ0n) is 12.4. The van der Waals surface area contributed by atoms with Crippen LogP contribution in [0.1, 0.15) is 20.8 Å². The Morgan fingerprint density at radius 1 is 1.05 bits per heavy atom. The summed E-state index contributed by atoms with van der Waals surface area (Å²) in [5.41, 5.74) is 0. The second-order valence-electron chi connectivity index (χ2n) is 4.36. The standard InChI is InChI=1S/C14H20O7/c1-4-18-13(16)10-6-7-20-11(8-21-9(3)15)12(10)14(17)19-5-2/h6-7,10-12H,4-5,8H2,1-3H3/t10-,11+,12+/m1/s1. The summed E-state index contributed by atoms with van der Waals surface area (Å²) in [7, 11) is 0. The van der Waals surface area contributed by atoms with E-state index in [9.17, 15) is 14.4 Å². The molecule has 0 fully saturated rings. The quantitative estimate of drug-likeness (QED) is 0.530. The van der Waals surface area contributed by atoms with Crippen molar-refractivity contribution in [3.63, 3.8) is 0 Å². The minimum atomic E-state index is -0.909. The van der Waals surface area contributed by atoms with Gasteiger partial charge >= 0.3 is 17.9 Å². The first-order valence-electron chi connectivity index (χ1n) is 6.80. The molecule has 1 aliphatic heterocycles. The fourth-order valence-corrected chi connectivity index (χ4v) is 2.01. The summed E-state index contributed by atoms with van der Waals surface area (Å²) in [6.45, 7) is 4.83. The fourth-order valence-electron chi connectivity index (χ4n) is 2.01. The third kappa shape index (κ3) is 4.77. The largest absolute Gasteiger partial charge is 0.494 e. The molecule has 1 rings (SSSR count). The van der Waals surface area contributed by atoms with E-state index >= 15 is 0 Å². The Hall–Kier alpha value is -2.05. The zero-order valence-corrected chi connectivity index (χ0v) is 12.4. The van der Waals surface area contributed by atoms with Crippen LogP contribution in [0.25, 0.3) is 0 Å². The number of ether oxygens (including phenoxy) is 4. The summed E-state index contributed by atoms with van der Waals surface area (Å²) >= 11 is 0. The molecular formula is C14H20O7. The highest BCUT2D eigenvalue weighted by molar-refractivity contribution is 5.84. The van der Waals surface area contributed by atoms with Gasteiger partial charge in [0.25, 0.3) is 0 Å². The molecule has 1 aliphatic rings. The van der Waals surface area contributed by atoms with Gasteiger partial charge in [0.15, 0.2) is 0 Å². The van der Waals surface area contributed by atoms with Gasteiger partial charge in [0.1, 0.15) is 18.6 Å². The summed E-state index contributed by atoms with van der Waals surface area (Å²) in [6.07, 6.45) is 1.97. The molecule has 1 heterocycles. The van der Waals surface area contributed by atoms with Crippen LogP contribution in [0, 0.1) is 11.8 Å². The normalized spacial score (nSPS) is 23.9. The van der Waals surface area contributed by atoms with Crippen LogP contribution < -0.4 is 0 Å². The maximum absolute atomic E-state index is 12.1. The Bertz CT molecular complexity index is 416. The van der Waals surface area contributed by atoms with Crippen LogP contribution in [0.5, 0.6) is 0 Å². The number of esters is 3. The smallest absolute Gasteiger partial charge is 0.314 e. The van der Waals surface area contributed by atoms with Crippen LogP contribution in [0.4, 0.5) is 0 Å². The van der Waals surface area contributed by atoms with Gasteiger partial charge in [-0.1, -0.05) is 0 Å². The van der Waals surface area contributed by atoms with Gasteiger partial charge in [-0.2, -0.15) is 0 Å². The van der Waals surface area contributed by atoms with Crippen LogP contribution >= 0.6 is 0 Å². The van der Waals surface area contributed by atoms with Crippen LogP contribution in [0.15, 0.2) is 12.3 Å². The van der Waals surface area contributed by atoms with Gasteiger partial charge in [0.05, 0.1) is 25.4 Å². The fraction of sp³-hybridized carbons (Fsp3) is 0.643. The van der Waals surface area contributed by atoms with Crippen LogP contribution in [0.2, 0.25) is 0 Å². The molecule has 0 saturated heterocycles. The number of rotatable bonds is 6. The molecule has 0 amide bonds. The van der Waals surface area contributed by atoms with Crippen LogP contribution in [-0.4, -0.2) is 43.8 Å². The number of hydrogen-bond acceptors (Lipinski definition) is 7. The summed E-state index contributed by atoms with van der Waals surface area (Å²) in [4.78, 5) is 34.9. The summed E-state index contributed by atoms with van der Waals surface area (Å²) in [6, 6.07) is 0.